The number of anilines is 1. The molecule has 0 bridgehead atoms. The van der Waals surface area contributed by atoms with Gasteiger partial charge >= 0.3 is 0 Å². The summed E-state index contributed by atoms with van der Waals surface area (Å²) in [4.78, 5) is 2.24. The van der Waals surface area contributed by atoms with Gasteiger partial charge in [0.1, 0.15) is 6.07 Å². The van der Waals surface area contributed by atoms with Gasteiger partial charge in [-0.15, -0.1) is 0 Å². The molecule has 1 atom stereocenters. The summed E-state index contributed by atoms with van der Waals surface area (Å²) in [5, 5.41) is 18.1. The molecule has 1 aromatic rings. The van der Waals surface area contributed by atoms with Crippen molar-refractivity contribution in [1.82, 2.24) is 0 Å². The van der Waals surface area contributed by atoms with Gasteiger partial charge in [-0.25, -0.2) is 0 Å². The van der Waals surface area contributed by atoms with Gasteiger partial charge in [0.15, 0.2) is 0 Å². The Morgan fingerprint density at radius 1 is 1.53 bits per heavy atom. The highest BCUT2D eigenvalue weighted by molar-refractivity contribution is 9.10. The second-order valence-corrected chi connectivity index (χ2v) is 5.30. The first kappa shape index (κ1) is 12.4. The molecular formula is C13H15BrN2O. The van der Waals surface area contributed by atoms with E-state index in [1.807, 2.05) is 18.2 Å². The summed E-state index contributed by atoms with van der Waals surface area (Å²) in [6.07, 6.45) is 1.95. The summed E-state index contributed by atoms with van der Waals surface area (Å²) in [6, 6.07) is 7.97. The summed E-state index contributed by atoms with van der Waals surface area (Å²) in [5.74, 6) is 0.547. The molecule has 1 aliphatic heterocycles. The van der Waals surface area contributed by atoms with Crippen LogP contribution >= 0.6 is 15.9 Å². The maximum atomic E-state index is 9.11. The van der Waals surface area contributed by atoms with Crippen molar-refractivity contribution >= 4 is 21.6 Å². The highest BCUT2D eigenvalue weighted by Gasteiger charge is 2.23. The maximum Gasteiger partial charge on any atom is 0.101 e. The van der Waals surface area contributed by atoms with Crippen LogP contribution in [-0.4, -0.2) is 24.8 Å². The van der Waals surface area contributed by atoms with Gasteiger partial charge in [-0.3, -0.25) is 0 Å². The van der Waals surface area contributed by atoms with Gasteiger partial charge in [-0.1, -0.05) is 15.9 Å². The Morgan fingerprint density at radius 3 is 3.06 bits per heavy atom. The van der Waals surface area contributed by atoms with E-state index in [9.17, 15) is 0 Å². The number of nitriles is 1. The van der Waals surface area contributed by atoms with Crippen LogP contribution in [0.3, 0.4) is 0 Å². The fourth-order valence-electron chi connectivity index (χ4n) is 2.33. The maximum absolute atomic E-state index is 9.11. The number of rotatable bonds is 3. The minimum absolute atomic E-state index is 0.252. The van der Waals surface area contributed by atoms with E-state index in [-0.39, 0.29) is 6.61 Å². The zero-order chi connectivity index (χ0) is 12.3. The van der Waals surface area contributed by atoms with Crippen LogP contribution in [0.25, 0.3) is 0 Å². The van der Waals surface area contributed by atoms with Crippen LogP contribution in [0.2, 0.25) is 0 Å². The molecule has 17 heavy (non-hydrogen) atoms. The third-order valence-electron chi connectivity index (χ3n) is 3.24. The third-order valence-corrected chi connectivity index (χ3v) is 3.74. The van der Waals surface area contributed by atoms with Crippen molar-refractivity contribution in [1.29, 1.82) is 5.26 Å². The lowest BCUT2D eigenvalue weighted by atomic mass is 10.1. The number of aliphatic hydroxyl groups is 1. The van der Waals surface area contributed by atoms with Crippen molar-refractivity contribution in [2.75, 3.05) is 24.6 Å². The van der Waals surface area contributed by atoms with Gasteiger partial charge in [-0.2, -0.15) is 5.26 Å². The molecule has 0 radical (unpaired) electrons. The van der Waals surface area contributed by atoms with Crippen molar-refractivity contribution in [3.63, 3.8) is 0 Å². The van der Waals surface area contributed by atoms with E-state index >= 15 is 0 Å². The fraction of sp³-hybridized carbons (Fsp3) is 0.462. The fourth-order valence-corrected chi connectivity index (χ4v) is 2.68. The number of aliphatic hydroxyl groups excluding tert-OH is 1. The Kier molecular flexibility index (Phi) is 4.03. The second kappa shape index (κ2) is 5.52. The van der Waals surface area contributed by atoms with Crippen molar-refractivity contribution in [2.24, 2.45) is 5.92 Å². The van der Waals surface area contributed by atoms with Crippen molar-refractivity contribution in [3.05, 3.63) is 28.2 Å². The molecule has 1 unspecified atom stereocenters. The van der Waals surface area contributed by atoms with E-state index in [2.05, 4.69) is 26.9 Å². The Balaban J connectivity index is 2.18. The first-order chi connectivity index (χ1) is 8.24. The van der Waals surface area contributed by atoms with Crippen LogP contribution < -0.4 is 4.90 Å². The van der Waals surface area contributed by atoms with E-state index in [0.717, 1.165) is 41.7 Å². The Bertz CT molecular complexity index is 442. The van der Waals surface area contributed by atoms with Crippen LogP contribution in [0.4, 0.5) is 5.69 Å². The standard InChI is InChI=1S/C13H15BrN2O/c14-12-2-1-11(8-15)13(7-12)16-5-3-10(9-16)4-6-17/h1-2,7,10,17H,3-6,9H2. The van der Waals surface area contributed by atoms with E-state index in [1.165, 1.54) is 0 Å². The molecule has 90 valence electrons. The molecule has 0 aromatic heterocycles. The predicted octanol–water partition coefficient (Wildman–Crippen LogP) is 2.53. The first-order valence-electron chi connectivity index (χ1n) is 5.80. The van der Waals surface area contributed by atoms with E-state index in [1.54, 1.807) is 0 Å². The van der Waals surface area contributed by atoms with Crippen molar-refractivity contribution in [2.45, 2.75) is 12.8 Å². The second-order valence-electron chi connectivity index (χ2n) is 4.39. The molecule has 1 N–H and O–H groups in total. The van der Waals surface area contributed by atoms with Crippen molar-refractivity contribution < 1.29 is 5.11 Å². The SMILES string of the molecule is N#Cc1ccc(Br)cc1N1CCC(CCO)C1. The summed E-state index contributed by atoms with van der Waals surface area (Å²) in [6.45, 7) is 2.16. The van der Waals surface area contributed by atoms with Crippen LogP contribution in [-0.2, 0) is 0 Å². The Labute approximate surface area is 110 Å². The normalized spacial score (nSPS) is 19.4. The minimum atomic E-state index is 0.252. The number of halogens is 1. The van der Waals surface area contributed by atoms with Gasteiger partial charge in [0, 0.05) is 24.2 Å². The lowest BCUT2D eigenvalue weighted by molar-refractivity contribution is 0.263. The van der Waals surface area contributed by atoms with E-state index in [0.29, 0.717) is 5.92 Å². The number of hydrogen-bond acceptors (Lipinski definition) is 3. The molecule has 0 amide bonds. The largest absolute Gasteiger partial charge is 0.396 e. The molecule has 1 aromatic carbocycles. The van der Waals surface area contributed by atoms with Crippen molar-refractivity contribution in [3.8, 4) is 6.07 Å². The molecule has 2 rings (SSSR count). The molecule has 1 aliphatic rings. The molecule has 3 nitrogen and oxygen atoms in total. The number of hydrogen-bond donors (Lipinski definition) is 1. The molecule has 0 aliphatic carbocycles. The number of benzene rings is 1. The van der Waals surface area contributed by atoms with Crippen LogP contribution in [0.5, 0.6) is 0 Å². The molecule has 1 heterocycles. The lowest BCUT2D eigenvalue weighted by Gasteiger charge is -2.20. The molecule has 4 heteroatoms. The summed E-state index contributed by atoms with van der Waals surface area (Å²) >= 11 is 3.44. The summed E-state index contributed by atoms with van der Waals surface area (Å²) in [7, 11) is 0. The summed E-state index contributed by atoms with van der Waals surface area (Å²) in [5.41, 5.74) is 1.72. The highest BCUT2D eigenvalue weighted by Crippen LogP contribution is 2.30. The average Bonchev–Trinajstić information content (AvgIpc) is 2.78. The Morgan fingerprint density at radius 2 is 2.35 bits per heavy atom. The zero-order valence-corrected chi connectivity index (χ0v) is 11.2. The number of nitrogens with zero attached hydrogens (tertiary/aromatic N) is 2. The first-order valence-corrected chi connectivity index (χ1v) is 6.59. The molecular weight excluding hydrogens is 280 g/mol. The van der Waals surface area contributed by atoms with Crippen LogP contribution in [0, 0.1) is 17.2 Å². The zero-order valence-electron chi connectivity index (χ0n) is 9.56. The van der Waals surface area contributed by atoms with E-state index < -0.39 is 0 Å². The lowest BCUT2D eigenvalue weighted by Crippen LogP contribution is -2.20. The monoisotopic (exact) mass is 294 g/mol. The topological polar surface area (TPSA) is 47.3 Å². The van der Waals surface area contributed by atoms with Gasteiger partial charge < -0.3 is 10.0 Å². The average molecular weight is 295 g/mol. The Hall–Kier alpha value is -1.05. The van der Waals surface area contributed by atoms with Gasteiger partial charge in [-0.05, 0) is 37.0 Å². The smallest absolute Gasteiger partial charge is 0.101 e. The van der Waals surface area contributed by atoms with Gasteiger partial charge in [0.25, 0.3) is 0 Å². The van der Waals surface area contributed by atoms with Crippen LogP contribution in [0.15, 0.2) is 22.7 Å². The van der Waals surface area contributed by atoms with Crippen LogP contribution in [0.1, 0.15) is 18.4 Å². The summed E-state index contributed by atoms with van der Waals surface area (Å²) < 4.78 is 0.997. The molecule has 0 spiro atoms. The van der Waals surface area contributed by atoms with Gasteiger partial charge in [0.2, 0.25) is 0 Å². The quantitative estimate of drug-likeness (QED) is 0.932. The molecule has 1 saturated heterocycles. The van der Waals surface area contributed by atoms with Gasteiger partial charge in [0.05, 0.1) is 11.3 Å². The predicted molar refractivity (Wildman–Crippen MR) is 70.9 cm³/mol. The third kappa shape index (κ3) is 2.80. The highest BCUT2D eigenvalue weighted by atomic mass is 79.9. The van der Waals surface area contributed by atoms with E-state index in [4.69, 9.17) is 10.4 Å². The molecule has 0 saturated carbocycles. The molecule has 1 fully saturated rings. The minimum Gasteiger partial charge on any atom is -0.396 e.